The highest BCUT2D eigenvalue weighted by Gasteiger charge is 2.05. The average molecular weight is 246 g/mol. The molecule has 0 fully saturated rings. The van der Waals surface area contributed by atoms with Crippen LogP contribution in [-0.2, 0) is 0 Å². The summed E-state index contributed by atoms with van der Waals surface area (Å²) < 4.78 is 4.96. The molecular formula is C11H14N6O. The summed E-state index contributed by atoms with van der Waals surface area (Å²) in [7, 11) is 1.48. The van der Waals surface area contributed by atoms with Crippen molar-refractivity contribution in [2.45, 2.75) is 6.92 Å². The van der Waals surface area contributed by atoms with Crippen molar-refractivity contribution in [3.05, 3.63) is 29.8 Å². The van der Waals surface area contributed by atoms with Crippen molar-refractivity contribution < 1.29 is 4.74 Å². The van der Waals surface area contributed by atoms with E-state index in [0.717, 1.165) is 5.69 Å². The lowest BCUT2D eigenvalue weighted by Gasteiger charge is -2.07. The molecule has 0 bridgehead atoms. The van der Waals surface area contributed by atoms with E-state index in [0.29, 0.717) is 5.95 Å². The van der Waals surface area contributed by atoms with Crippen LogP contribution in [0.25, 0.3) is 0 Å². The third-order valence-corrected chi connectivity index (χ3v) is 2.23. The molecule has 0 amide bonds. The quantitative estimate of drug-likeness (QED) is 0.551. The molecule has 2 aromatic rings. The molecule has 7 nitrogen and oxygen atoms in total. The van der Waals surface area contributed by atoms with Crippen molar-refractivity contribution in [1.82, 2.24) is 15.0 Å². The largest absolute Gasteiger partial charge is 0.467 e. The molecule has 0 saturated carbocycles. The Kier molecular flexibility index (Phi) is 3.54. The molecule has 0 atom stereocenters. The molecular weight excluding hydrogens is 232 g/mol. The van der Waals surface area contributed by atoms with Gasteiger partial charge in [0.05, 0.1) is 7.11 Å². The third kappa shape index (κ3) is 2.83. The number of aromatic nitrogens is 3. The number of methoxy groups -OCH3 is 1. The van der Waals surface area contributed by atoms with Crippen LogP contribution in [0.15, 0.2) is 24.3 Å². The molecule has 0 aliphatic rings. The maximum atomic E-state index is 5.27. The number of hydrogen-bond acceptors (Lipinski definition) is 7. The molecule has 2 rings (SSSR count). The minimum atomic E-state index is 0.188. The zero-order valence-electron chi connectivity index (χ0n) is 10.1. The smallest absolute Gasteiger partial charge is 0.322 e. The van der Waals surface area contributed by atoms with E-state index >= 15 is 0 Å². The number of nitrogen functional groups attached to an aromatic ring is 1. The molecule has 1 aromatic heterocycles. The summed E-state index contributed by atoms with van der Waals surface area (Å²) in [6.45, 7) is 2.02. The van der Waals surface area contributed by atoms with E-state index in [1.54, 1.807) is 0 Å². The minimum Gasteiger partial charge on any atom is -0.467 e. The van der Waals surface area contributed by atoms with Gasteiger partial charge >= 0.3 is 6.01 Å². The Morgan fingerprint density at radius 1 is 1.06 bits per heavy atom. The minimum absolute atomic E-state index is 0.188. The van der Waals surface area contributed by atoms with Crippen LogP contribution in [0.2, 0.25) is 0 Å². The number of nitrogens with one attached hydrogen (secondary N) is 2. The van der Waals surface area contributed by atoms with Crippen molar-refractivity contribution >= 4 is 17.6 Å². The van der Waals surface area contributed by atoms with Crippen LogP contribution in [0.4, 0.5) is 17.6 Å². The Morgan fingerprint density at radius 3 is 2.33 bits per heavy atom. The lowest BCUT2D eigenvalue weighted by molar-refractivity contribution is 0.379. The summed E-state index contributed by atoms with van der Waals surface area (Å²) in [6.07, 6.45) is 0. The van der Waals surface area contributed by atoms with Gasteiger partial charge in [-0.25, -0.2) is 5.84 Å². The third-order valence-electron chi connectivity index (χ3n) is 2.23. The van der Waals surface area contributed by atoms with Crippen LogP contribution in [0, 0.1) is 6.92 Å². The molecule has 0 spiro atoms. The van der Waals surface area contributed by atoms with Gasteiger partial charge in [-0.3, -0.25) is 5.43 Å². The Bertz CT molecular complexity index is 505. The van der Waals surface area contributed by atoms with Crippen LogP contribution in [0.5, 0.6) is 6.01 Å². The number of nitrogens with zero attached hydrogens (tertiary/aromatic N) is 3. The topological polar surface area (TPSA) is 98.0 Å². The second-order valence-corrected chi connectivity index (χ2v) is 3.60. The Labute approximate surface area is 104 Å². The number of hydrogen-bond donors (Lipinski definition) is 3. The zero-order chi connectivity index (χ0) is 13.0. The summed E-state index contributed by atoms with van der Waals surface area (Å²) in [5.74, 6) is 5.86. The van der Waals surface area contributed by atoms with Crippen molar-refractivity contribution in [2.24, 2.45) is 5.84 Å². The van der Waals surface area contributed by atoms with Crippen molar-refractivity contribution in [1.29, 1.82) is 0 Å². The van der Waals surface area contributed by atoms with Crippen molar-refractivity contribution in [3.8, 4) is 6.01 Å². The van der Waals surface area contributed by atoms with Gasteiger partial charge in [0.25, 0.3) is 0 Å². The monoisotopic (exact) mass is 246 g/mol. The maximum Gasteiger partial charge on any atom is 0.322 e. The van der Waals surface area contributed by atoms with Crippen molar-refractivity contribution in [3.63, 3.8) is 0 Å². The van der Waals surface area contributed by atoms with Gasteiger partial charge in [0.2, 0.25) is 11.9 Å². The second-order valence-electron chi connectivity index (χ2n) is 3.60. The fourth-order valence-electron chi connectivity index (χ4n) is 1.33. The van der Waals surface area contributed by atoms with Gasteiger partial charge in [-0.15, -0.1) is 0 Å². The van der Waals surface area contributed by atoms with E-state index in [2.05, 4.69) is 25.7 Å². The first-order valence-electron chi connectivity index (χ1n) is 5.31. The number of ether oxygens (including phenoxy) is 1. The van der Waals surface area contributed by atoms with Gasteiger partial charge in [-0.2, -0.15) is 15.0 Å². The second kappa shape index (κ2) is 5.28. The summed E-state index contributed by atoms with van der Waals surface area (Å²) in [6, 6.07) is 8.03. The van der Waals surface area contributed by atoms with Gasteiger partial charge in [0.1, 0.15) is 0 Å². The van der Waals surface area contributed by atoms with Crippen molar-refractivity contribution in [2.75, 3.05) is 17.9 Å². The summed E-state index contributed by atoms with van der Waals surface area (Å²) in [5.41, 5.74) is 4.41. The molecule has 4 N–H and O–H groups in total. The number of benzene rings is 1. The normalized spacial score (nSPS) is 9.94. The summed E-state index contributed by atoms with van der Waals surface area (Å²) >= 11 is 0. The molecule has 7 heteroatoms. The maximum absolute atomic E-state index is 5.27. The van der Waals surface area contributed by atoms with Gasteiger partial charge in [-0.05, 0) is 19.1 Å². The molecule has 18 heavy (non-hydrogen) atoms. The van der Waals surface area contributed by atoms with Gasteiger partial charge < -0.3 is 10.1 Å². The van der Waals surface area contributed by atoms with Crippen LogP contribution in [0.3, 0.4) is 0 Å². The molecule has 0 saturated heterocycles. The van der Waals surface area contributed by atoms with E-state index in [-0.39, 0.29) is 12.0 Å². The lowest BCUT2D eigenvalue weighted by Crippen LogP contribution is -2.13. The molecule has 0 unspecified atom stereocenters. The van der Waals surface area contributed by atoms with Crippen LogP contribution in [0.1, 0.15) is 5.56 Å². The van der Waals surface area contributed by atoms with Gasteiger partial charge in [0, 0.05) is 5.69 Å². The molecule has 94 valence electrons. The van der Waals surface area contributed by atoms with Crippen LogP contribution < -0.4 is 21.3 Å². The summed E-state index contributed by atoms with van der Waals surface area (Å²) in [4.78, 5) is 12.0. The zero-order valence-corrected chi connectivity index (χ0v) is 10.1. The van der Waals surface area contributed by atoms with Crippen LogP contribution in [-0.4, -0.2) is 22.1 Å². The number of hydrazine groups is 1. The lowest BCUT2D eigenvalue weighted by atomic mass is 10.2. The molecule has 0 radical (unpaired) electrons. The molecule has 0 aliphatic carbocycles. The Hall–Kier alpha value is -2.41. The number of rotatable bonds is 4. The van der Waals surface area contributed by atoms with E-state index in [1.807, 2.05) is 31.2 Å². The van der Waals surface area contributed by atoms with Gasteiger partial charge in [-0.1, -0.05) is 17.7 Å². The first kappa shape index (κ1) is 12.1. The number of nitrogens with two attached hydrogens (primary N) is 1. The first-order chi connectivity index (χ1) is 8.71. The SMILES string of the molecule is COc1nc(NN)nc(Nc2ccc(C)cc2)n1. The highest BCUT2D eigenvalue weighted by atomic mass is 16.5. The Balaban J connectivity index is 2.25. The predicted molar refractivity (Wildman–Crippen MR) is 68.7 cm³/mol. The van der Waals surface area contributed by atoms with E-state index in [4.69, 9.17) is 10.6 Å². The van der Waals surface area contributed by atoms with E-state index in [1.165, 1.54) is 12.7 Å². The van der Waals surface area contributed by atoms with E-state index in [9.17, 15) is 0 Å². The van der Waals surface area contributed by atoms with E-state index < -0.39 is 0 Å². The standard InChI is InChI=1S/C11H14N6O/c1-7-3-5-8(6-4-7)13-9-14-10(17-12)16-11(15-9)18-2/h3-6H,12H2,1-2H3,(H2,13,14,15,16,17). The Morgan fingerprint density at radius 2 is 1.72 bits per heavy atom. The number of anilines is 3. The fraction of sp³-hybridized carbons (Fsp3) is 0.182. The number of aryl methyl sites for hydroxylation is 1. The molecule has 0 aliphatic heterocycles. The molecule has 1 aromatic carbocycles. The first-order valence-corrected chi connectivity index (χ1v) is 5.31. The highest BCUT2D eigenvalue weighted by molar-refractivity contribution is 5.54. The fourth-order valence-corrected chi connectivity index (χ4v) is 1.33. The highest BCUT2D eigenvalue weighted by Crippen LogP contribution is 2.16. The molecule has 1 heterocycles. The predicted octanol–water partition coefficient (Wildman–Crippen LogP) is 1.22. The summed E-state index contributed by atoms with van der Waals surface area (Å²) in [5, 5.41) is 3.04. The average Bonchev–Trinajstić information content (AvgIpc) is 2.41. The van der Waals surface area contributed by atoms with Gasteiger partial charge in [0.15, 0.2) is 0 Å². The van der Waals surface area contributed by atoms with Crippen LogP contribution >= 0.6 is 0 Å².